The quantitative estimate of drug-likeness (QED) is 0.507. The molecule has 2 heterocycles. The topological polar surface area (TPSA) is 68.0 Å². The molecule has 1 amide bonds. The molecule has 0 radical (unpaired) electrons. The number of carbonyl (C=O) groups excluding carboxylic acids is 1. The average molecular weight is 397 g/mol. The van der Waals surface area contributed by atoms with E-state index in [9.17, 15) is 13.6 Å². The number of aromatic nitrogens is 2. The van der Waals surface area contributed by atoms with Crippen LogP contribution in [0.25, 0.3) is 22.0 Å². The van der Waals surface area contributed by atoms with Gasteiger partial charge in [-0.25, -0.2) is 18.7 Å². The smallest absolute Gasteiger partial charge is 0.263 e. The molecule has 0 atom stereocenters. The van der Waals surface area contributed by atoms with Gasteiger partial charge < -0.3 is 4.42 Å². The highest BCUT2D eigenvalue weighted by Gasteiger charge is 2.22. The number of amides is 1. The minimum atomic E-state index is -0.944. The van der Waals surface area contributed by atoms with Crippen molar-refractivity contribution in [3.63, 3.8) is 0 Å². The number of hydrogen-bond donors (Lipinski definition) is 1. The predicted molar refractivity (Wildman–Crippen MR) is 102 cm³/mol. The van der Waals surface area contributed by atoms with Gasteiger partial charge in [0.05, 0.1) is 11.1 Å². The standard InChI is InChI=1S/C20H13F2N3O2S/c1-11-4-2-5-12(10-11)17-16(19-23-8-9-27-19)24-20(28-17)25-18(26)15-13(21)6-3-7-14(15)22/h2-10H,1H3,(H,24,25,26). The Morgan fingerprint density at radius 2 is 1.89 bits per heavy atom. The number of aryl methyl sites for hydroxylation is 1. The van der Waals surface area contributed by atoms with E-state index in [1.54, 1.807) is 0 Å². The van der Waals surface area contributed by atoms with E-state index in [0.29, 0.717) is 5.69 Å². The zero-order valence-corrected chi connectivity index (χ0v) is 15.4. The van der Waals surface area contributed by atoms with E-state index >= 15 is 0 Å². The molecular formula is C20H13F2N3O2S. The molecule has 0 fully saturated rings. The maximum atomic E-state index is 13.9. The second-order valence-corrected chi connectivity index (χ2v) is 6.95. The van der Waals surface area contributed by atoms with Crippen LogP contribution >= 0.6 is 11.3 Å². The third-order valence-corrected chi connectivity index (χ3v) is 4.97. The molecule has 0 saturated heterocycles. The lowest BCUT2D eigenvalue weighted by atomic mass is 10.1. The lowest BCUT2D eigenvalue weighted by Crippen LogP contribution is -2.15. The number of carbonyl (C=O) groups is 1. The van der Waals surface area contributed by atoms with Crippen molar-refractivity contribution in [2.24, 2.45) is 0 Å². The molecule has 2 aromatic carbocycles. The normalized spacial score (nSPS) is 10.8. The molecule has 0 saturated carbocycles. The summed E-state index contributed by atoms with van der Waals surface area (Å²) in [6.07, 6.45) is 2.91. The van der Waals surface area contributed by atoms with E-state index in [0.717, 1.165) is 28.1 Å². The van der Waals surface area contributed by atoms with Crippen LogP contribution in [-0.4, -0.2) is 15.9 Å². The average Bonchev–Trinajstić information content (AvgIpc) is 3.31. The van der Waals surface area contributed by atoms with E-state index in [-0.39, 0.29) is 11.0 Å². The SMILES string of the molecule is Cc1cccc(-c2sc(NC(=O)c3c(F)cccc3F)nc2-c2ncco2)c1. The van der Waals surface area contributed by atoms with E-state index < -0.39 is 23.1 Å². The fourth-order valence-electron chi connectivity index (χ4n) is 2.72. The summed E-state index contributed by atoms with van der Waals surface area (Å²) in [7, 11) is 0. The van der Waals surface area contributed by atoms with Gasteiger partial charge in [0, 0.05) is 0 Å². The van der Waals surface area contributed by atoms with Crippen LogP contribution in [0.15, 0.2) is 59.3 Å². The van der Waals surface area contributed by atoms with Crippen LogP contribution in [0.3, 0.4) is 0 Å². The minimum absolute atomic E-state index is 0.178. The molecule has 0 aliphatic rings. The molecule has 0 bridgehead atoms. The zero-order chi connectivity index (χ0) is 19.7. The first-order chi connectivity index (χ1) is 13.5. The zero-order valence-electron chi connectivity index (χ0n) is 14.6. The van der Waals surface area contributed by atoms with Gasteiger partial charge in [0.15, 0.2) is 5.13 Å². The first-order valence-corrected chi connectivity index (χ1v) is 9.07. The van der Waals surface area contributed by atoms with E-state index in [1.165, 1.54) is 29.9 Å². The lowest BCUT2D eigenvalue weighted by molar-refractivity contribution is 0.101. The molecule has 140 valence electrons. The molecule has 8 heteroatoms. The second-order valence-electron chi connectivity index (χ2n) is 5.95. The maximum Gasteiger partial charge on any atom is 0.263 e. The Bertz CT molecular complexity index is 1140. The van der Waals surface area contributed by atoms with Gasteiger partial charge >= 0.3 is 0 Å². The highest BCUT2D eigenvalue weighted by Crippen LogP contribution is 2.39. The molecule has 4 aromatic rings. The third kappa shape index (κ3) is 3.41. The number of oxazole rings is 1. The van der Waals surface area contributed by atoms with Gasteiger partial charge in [0.2, 0.25) is 5.89 Å². The molecule has 4 rings (SSSR count). The molecule has 0 unspecified atom stereocenters. The van der Waals surface area contributed by atoms with Crippen molar-refractivity contribution in [2.75, 3.05) is 5.32 Å². The highest BCUT2D eigenvalue weighted by atomic mass is 32.1. The van der Waals surface area contributed by atoms with Crippen molar-refractivity contribution in [3.8, 4) is 22.0 Å². The summed E-state index contributed by atoms with van der Waals surface area (Å²) in [5.74, 6) is -2.52. The Morgan fingerprint density at radius 3 is 2.57 bits per heavy atom. The predicted octanol–water partition coefficient (Wildman–Crippen LogP) is 5.30. The number of nitrogens with one attached hydrogen (secondary N) is 1. The summed E-state index contributed by atoms with van der Waals surface area (Å²) in [5.41, 5.74) is 1.68. The van der Waals surface area contributed by atoms with Crippen LogP contribution in [0.4, 0.5) is 13.9 Å². The van der Waals surface area contributed by atoms with Crippen LogP contribution < -0.4 is 5.32 Å². The Balaban J connectivity index is 1.75. The molecule has 5 nitrogen and oxygen atoms in total. The largest absolute Gasteiger partial charge is 0.443 e. The van der Waals surface area contributed by atoms with Gasteiger partial charge in [-0.15, -0.1) is 0 Å². The highest BCUT2D eigenvalue weighted by molar-refractivity contribution is 7.19. The molecule has 0 aliphatic carbocycles. The summed E-state index contributed by atoms with van der Waals surface area (Å²) in [6.45, 7) is 1.96. The van der Waals surface area contributed by atoms with E-state index in [2.05, 4.69) is 15.3 Å². The maximum absolute atomic E-state index is 13.9. The summed E-state index contributed by atoms with van der Waals surface area (Å²) >= 11 is 1.17. The van der Waals surface area contributed by atoms with Gasteiger partial charge in [-0.1, -0.05) is 47.2 Å². The third-order valence-electron chi connectivity index (χ3n) is 3.95. The van der Waals surface area contributed by atoms with Gasteiger partial charge in [-0.05, 0) is 24.6 Å². The minimum Gasteiger partial charge on any atom is -0.443 e. The number of anilines is 1. The Labute approximate surface area is 162 Å². The summed E-state index contributed by atoms with van der Waals surface area (Å²) in [5, 5.41) is 2.64. The van der Waals surface area contributed by atoms with Crippen molar-refractivity contribution in [2.45, 2.75) is 6.92 Å². The van der Waals surface area contributed by atoms with Gasteiger partial charge in [-0.2, -0.15) is 0 Å². The summed E-state index contributed by atoms with van der Waals surface area (Å²) in [4.78, 5) is 21.6. The molecule has 0 spiro atoms. The van der Waals surface area contributed by atoms with E-state index in [1.807, 2.05) is 31.2 Å². The van der Waals surface area contributed by atoms with Crippen LogP contribution in [0.2, 0.25) is 0 Å². The number of hydrogen-bond acceptors (Lipinski definition) is 5. The fourth-order valence-corrected chi connectivity index (χ4v) is 3.66. The van der Waals surface area contributed by atoms with Crippen molar-refractivity contribution < 1.29 is 18.0 Å². The number of benzene rings is 2. The van der Waals surface area contributed by atoms with Crippen LogP contribution in [0.1, 0.15) is 15.9 Å². The first kappa shape index (κ1) is 18.0. The van der Waals surface area contributed by atoms with Crippen molar-refractivity contribution in [1.29, 1.82) is 0 Å². The molecule has 28 heavy (non-hydrogen) atoms. The van der Waals surface area contributed by atoms with Crippen molar-refractivity contribution in [3.05, 3.63) is 77.7 Å². The van der Waals surface area contributed by atoms with E-state index in [4.69, 9.17) is 4.42 Å². The Morgan fingerprint density at radius 1 is 1.14 bits per heavy atom. The summed E-state index contributed by atoms with van der Waals surface area (Å²) in [6, 6.07) is 11.0. The Kier molecular flexibility index (Phi) is 4.70. The van der Waals surface area contributed by atoms with Gasteiger partial charge in [0.1, 0.15) is 29.2 Å². The molecular weight excluding hydrogens is 384 g/mol. The van der Waals surface area contributed by atoms with Gasteiger partial charge in [-0.3, -0.25) is 10.1 Å². The van der Waals surface area contributed by atoms with Crippen LogP contribution in [0, 0.1) is 18.6 Å². The van der Waals surface area contributed by atoms with Gasteiger partial charge in [0.25, 0.3) is 5.91 Å². The monoisotopic (exact) mass is 397 g/mol. The number of nitrogens with zero attached hydrogens (tertiary/aromatic N) is 2. The lowest BCUT2D eigenvalue weighted by Gasteiger charge is -2.04. The van der Waals surface area contributed by atoms with Crippen LogP contribution in [0.5, 0.6) is 0 Å². The van der Waals surface area contributed by atoms with Crippen molar-refractivity contribution >= 4 is 22.4 Å². The second kappa shape index (κ2) is 7.32. The Hall–Kier alpha value is -3.39. The molecule has 2 aromatic heterocycles. The molecule has 0 aliphatic heterocycles. The van der Waals surface area contributed by atoms with Crippen LogP contribution in [-0.2, 0) is 0 Å². The number of halogens is 2. The number of rotatable bonds is 4. The molecule has 1 N–H and O–H groups in total. The number of thiazole rings is 1. The fraction of sp³-hybridized carbons (Fsp3) is 0.0500. The van der Waals surface area contributed by atoms with Crippen molar-refractivity contribution in [1.82, 2.24) is 9.97 Å². The summed E-state index contributed by atoms with van der Waals surface area (Å²) < 4.78 is 33.1. The first-order valence-electron chi connectivity index (χ1n) is 8.26.